The molecule has 1 saturated heterocycles. The number of hydrogen-bond acceptors (Lipinski definition) is 5. The van der Waals surface area contributed by atoms with E-state index < -0.39 is 10.0 Å². The van der Waals surface area contributed by atoms with Gasteiger partial charge in [0.1, 0.15) is 4.90 Å². The van der Waals surface area contributed by atoms with Crippen molar-refractivity contribution in [3.05, 3.63) is 41.4 Å². The first-order chi connectivity index (χ1) is 10.6. The third-order valence-electron chi connectivity index (χ3n) is 3.45. The third kappa shape index (κ3) is 3.15. The van der Waals surface area contributed by atoms with Gasteiger partial charge < -0.3 is 4.90 Å². The van der Waals surface area contributed by atoms with Gasteiger partial charge in [-0.25, -0.2) is 8.42 Å². The number of rotatable bonds is 4. The summed E-state index contributed by atoms with van der Waals surface area (Å²) in [6.07, 6.45) is 2.28. The second kappa shape index (κ2) is 6.10. The third-order valence-corrected chi connectivity index (χ3v) is 5.30. The van der Waals surface area contributed by atoms with Gasteiger partial charge in [0.25, 0.3) is 10.0 Å². The number of aromatic nitrogens is 2. The standard InChI is InChI=1S/C14H15ClN4O2S/c15-11-5-1-2-6-12(11)22(20,21)18-13-7-8-14(17-16-13)19-9-3-4-10-19/h1-2,5-8H,3-4,9-10H2,(H,16,18). The fourth-order valence-corrected chi connectivity index (χ4v) is 3.87. The minimum absolute atomic E-state index is 0.0158. The number of nitrogens with zero attached hydrogens (tertiary/aromatic N) is 3. The topological polar surface area (TPSA) is 75.2 Å². The second-order valence-corrected chi connectivity index (χ2v) is 7.06. The highest BCUT2D eigenvalue weighted by Gasteiger charge is 2.19. The zero-order valence-corrected chi connectivity index (χ0v) is 13.3. The number of hydrogen-bond donors (Lipinski definition) is 1. The Labute approximate surface area is 134 Å². The Balaban J connectivity index is 1.79. The van der Waals surface area contributed by atoms with Crippen LogP contribution < -0.4 is 9.62 Å². The quantitative estimate of drug-likeness (QED) is 0.927. The van der Waals surface area contributed by atoms with E-state index in [-0.39, 0.29) is 15.7 Å². The molecule has 1 N–H and O–H groups in total. The molecule has 1 aliphatic rings. The van der Waals surface area contributed by atoms with Crippen molar-refractivity contribution in [2.75, 3.05) is 22.7 Å². The second-order valence-electron chi connectivity index (χ2n) is 5.01. The maximum absolute atomic E-state index is 12.3. The van der Waals surface area contributed by atoms with E-state index in [2.05, 4.69) is 19.8 Å². The van der Waals surface area contributed by atoms with E-state index in [9.17, 15) is 8.42 Å². The van der Waals surface area contributed by atoms with Gasteiger partial charge in [-0.05, 0) is 37.1 Å². The van der Waals surface area contributed by atoms with E-state index in [1.807, 2.05) is 0 Å². The zero-order chi connectivity index (χ0) is 15.6. The lowest BCUT2D eigenvalue weighted by Crippen LogP contribution is -2.20. The van der Waals surface area contributed by atoms with E-state index in [4.69, 9.17) is 11.6 Å². The van der Waals surface area contributed by atoms with Gasteiger partial charge in [0, 0.05) is 13.1 Å². The van der Waals surface area contributed by atoms with Gasteiger partial charge in [-0.3, -0.25) is 4.72 Å². The molecule has 3 rings (SSSR count). The molecule has 0 unspecified atom stereocenters. The van der Waals surface area contributed by atoms with Gasteiger partial charge in [-0.1, -0.05) is 23.7 Å². The first-order valence-electron chi connectivity index (χ1n) is 6.92. The molecule has 6 nitrogen and oxygen atoms in total. The van der Waals surface area contributed by atoms with E-state index in [1.165, 1.54) is 12.1 Å². The van der Waals surface area contributed by atoms with Gasteiger partial charge in [0.05, 0.1) is 5.02 Å². The highest BCUT2D eigenvalue weighted by molar-refractivity contribution is 7.92. The molecule has 0 spiro atoms. The van der Waals surface area contributed by atoms with Crippen LogP contribution in [0.4, 0.5) is 11.6 Å². The molecule has 2 aromatic rings. The first kappa shape index (κ1) is 15.1. The van der Waals surface area contributed by atoms with Crippen LogP contribution >= 0.6 is 11.6 Å². The van der Waals surface area contributed by atoms with Crippen LogP contribution in [-0.4, -0.2) is 31.7 Å². The van der Waals surface area contributed by atoms with Crippen LogP contribution in [0.25, 0.3) is 0 Å². The van der Waals surface area contributed by atoms with Crippen molar-refractivity contribution in [3.8, 4) is 0 Å². The summed E-state index contributed by atoms with van der Waals surface area (Å²) in [5.41, 5.74) is 0. The summed E-state index contributed by atoms with van der Waals surface area (Å²) in [5, 5.41) is 8.18. The molecule has 0 radical (unpaired) electrons. The van der Waals surface area contributed by atoms with Gasteiger partial charge in [-0.15, -0.1) is 10.2 Å². The summed E-state index contributed by atoms with van der Waals surface area (Å²) in [5.74, 6) is 0.932. The summed E-state index contributed by atoms with van der Waals surface area (Å²) in [4.78, 5) is 2.14. The first-order valence-corrected chi connectivity index (χ1v) is 8.78. The van der Waals surface area contributed by atoms with Crippen molar-refractivity contribution in [2.24, 2.45) is 0 Å². The zero-order valence-electron chi connectivity index (χ0n) is 11.7. The van der Waals surface area contributed by atoms with E-state index in [1.54, 1.807) is 24.3 Å². The Hall–Kier alpha value is -1.86. The van der Waals surface area contributed by atoms with Crippen molar-refractivity contribution in [2.45, 2.75) is 17.7 Å². The molecule has 0 atom stereocenters. The predicted octanol–water partition coefficient (Wildman–Crippen LogP) is 2.53. The lowest BCUT2D eigenvalue weighted by atomic mass is 10.4. The van der Waals surface area contributed by atoms with Gasteiger partial charge in [-0.2, -0.15) is 0 Å². The number of nitrogens with one attached hydrogen (secondary N) is 1. The molecule has 2 heterocycles. The SMILES string of the molecule is O=S(=O)(Nc1ccc(N2CCCC2)nn1)c1ccccc1Cl. The molecular formula is C14H15ClN4O2S. The fraction of sp³-hybridized carbons (Fsp3) is 0.286. The Kier molecular flexibility index (Phi) is 4.17. The highest BCUT2D eigenvalue weighted by atomic mass is 35.5. The molecule has 8 heteroatoms. The Morgan fingerprint density at radius 2 is 1.77 bits per heavy atom. The van der Waals surface area contributed by atoms with Crippen molar-refractivity contribution in [1.82, 2.24) is 10.2 Å². The summed E-state index contributed by atoms with van der Waals surface area (Å²) in [6, 6.07) is 9.63. The minimum Gasteiger partial charge on any atom is -0.355 e. The van der Waals surface area contributed by atoms with Crippen molar-refractivity contribution in [1.29, 1.82) is 0 Å². The average Bonchev–Trinajstić information content (AvgIpc) is 3.02. The van der Waals surface area contributed by atoms with Crippen LogP contribution in [0.2, 0.25) is 5.02 Å². The molecule has 1 aliphatic heterocycles. The van der Waals surface area contributed by atoms with Crippen LogP contribution in [-0.2, 0) is 10.0 Å². The number of halogens is 1. The van der Waals surface area contributed by atoms with Crippen LogP contribution in [0.3, 0.4) is 0 Å². The van der Waals surface area contributed by atoms with Crippen LogP contribution in [0.5, 0.6) is 0 Å². The lowest BCUT2D eigenvalue weighted by Gasteiger charge is -2.15. The van der Waals surface area contributed by atoms with Crippen LogP contribution in [0.15, 0.2) is 41.3 Å². The van der Waals surface area contributed by atoms with Crippen molar-refractivity contribution >= 4 is 33.3 Å². The van der Waals surface area contributed by atoms with Crippen molar-refractivity contribution in [3.63, 3.8) is 0 Å². The summed E-state index contributed by atoms with van der Waals surface area (Å²) in [7, 11) is -3.77. The van der Waals surface area contributed by atoms with Crippen LogP contribution in [0, 0.1) is 0 Å². The average molecular weight is 339 g/mol. The van der Waals surface area contributed by atoms with Gasteiger partial charge in [0.2, 0.25) is 0 Å². The number of anilines is 2. The molecule has 22 heavy (non-hydrogen) atoms. The predicted molar refractivity (Wildman–Crippen MR) is 85.7 cm³/mol. The molecule has 0 amide bonds. The molecule has 0 bridgehead atoms. The van der Waals surface area contributed by atoms with Crippen LogP contribution in [0.1, 0.15) is 12.8 Å². The van der Waals surface area contributed by atoms with E-state index in [0.717, 1.165) is 31.7 Å². The Morgan fingerprint density at radius 1 is 1.05 bits per heavy atom. The monoisotopic (exact) mass is 338 g/mol. The molecule has 116 valence electrons. The van der Waals surface area contributed by atoms with Crippen molar-refractivity contribution < 1.29 is 8.42 Å². The maximum atomic E-state index is 12.3. The Bertz CT molecular complexity index is 759. The Morgan fingerprint density at radius 3 is 2.41 bits per heavy atom. The summed E-state index contributed by atoms with van der Waals surface area (Å²) in [6.45, 7) is 1.92. The molecule has 1 aromatic heterocycles. The molecule has 0 aliphatic carbocycles. The number of sulfonamides is 1. The largest absolute Gasteiger partial charge is 0.355 e. The molecule has 0 saturated carbocycles. The summed E-state index contributed by atoms with van der Waals surface area (Å²) < 4.78 is 27.0. The smallest absolute Gasteiger partial charge is 0.264 e. The molecule has 1 fully saturated rings. The van der Waals surface area contributed by atoms with E-state index >= 15 is 0 Å². The highest BCUT2D eigenvalue weighted by Crippen LogP contribution is 2.23. The minimum atomic E-state index is -3.77. The van der Waals surface area contributed by atoms with Gasteiger partial charge >= 0.3 is 0 Å². The molecule has 1 aromatic carbocycles. The van der Waals surface area contributed by atoms with Gasteiger partial charge in [0.15, 0.2) is 11.6 Å². The normalized spacial score (nSPS) is 15.0. The van der Waals surface area contributed by atoms with E-state index in [0.29, 0.717) is 0 Å². The maximum Gasteiger partial charge on any atom is 0.264 e. The summed E-state index contributed by atoms with van der Waals surface area (Å²) >= 11 is 5.92. The lowest BCUT2D eigenvalue weighted by molar-refractivity contribution is 0.601. The number of benzene rings is 1. The fourth-order valence-electron chi connectivity index (χ4n) is 2.35. The molecular weight excluding hydrogens is 324 g/mol.